The van der Waals surface area contributed by atoms with E-state index in [0.717, 1.165) is 17.8 Å². The Bertz CT molecular complexity index is 940. The van der Waals surface area contributed by atoms with Crippen LogP contribution in [0.25, 0.3) is 12.2 Å². The SMILES string of the molecule is CCCCCCN(CCCCCC)c1ccc(/C=C/c2cc[n+](C34CC5CC(CC(C5)C3)C4)cc2)cc1. The van der Waals surface area contributed by atoms with E-state index in [-0.39, 0.29) is 0 Å². The zero-order valence-electron chi connectivity index (χ0n) is 23.7. The van der Waals surface area contributed by atoms with Gasteiger partial charge in [-0.05, 0) is 73.1 Å². The summed E-state index contributed by atoms with van der Waals surface area (Å²) < 4.78 is 2.60. The van der Waals surface area contributed by atoms with Crippen molar-refractivity contribution in [2.24, 2.45) is 17.8 Å². The van der Waals surface area contributed by atoms with Gasteiger partial charge in [0.15, 0.2) is 17.9 Å². The van der Waals surface area contributed by atoms with Crippen LogP contribution < -0.4 is 9.47 Å². The Morgan fingerprint density at radius 1 is 0.676 bits per heavy atom. The molecule has 0 radical (unpaired) electrons. The molecule has 4 aliphatic carbocycles. The Labute approximate surface area is 227 Å². The van der Waals surface area contributed by atoms with E-state index < -0.39 is 0 Å². The molecular formula is C35H51N2+. The first-order chi connectivity index (χ1) is 18.2. The normalized spacial score (nSPS) is 26.3. The summed E-state index contributed by atoms with van der Waals surface area (Å²) in [5.74, 6) is 2.97. The lowest BCUT2D eigenvalue weighted by molar-refractivity contribution is -0.776. The lowest BCUT2D eigenvalue weighted by Gasteiger charge is -2.53. The summed E-state index contributed by atoms with van der Waals surface area (Å²) >= 11 is 0. The topological polar surface area (TPSA) is 7.12 Å². The Morgan fingerprint density at radius 2 is 1.16 bits per heavy atom. The third-order valence-electron chi connectivity index (χ3n) is 9.70. The highest BCUT2D eigenvalue weighted by atomic mass is 15.1. The second-order valence-electron chi connectivity index (χ2n) is 12.7. The Morgan fingerprint density at radius 3 is 1.65 bits per heavy atom. The van der Waals surface area contributed by atoms with Crippen molar-refractivity contribution in [3.8, 4) is 0 Å². The lowest BCUT2D eigenvalue weighted by Crippen LogP contribution is -2.64. The summed E-state index contributed by atoms with van der Waals surface area (Å²) in [6.45, 7) is 6.97. The number of rotatable bonds is 14. The number of anilines is 1. The summed E-state index contributed by atoms with van der Waals surface area (Å²) in [4.78, 5) is 2.62. The van der Waals surface area contributed by atoms with Crippen molar-refractivity contribution in [3.05, 3.63) is 59.9 Å². The molecule has 0 amide bonds. The van der Waals surface area contributed by atoms with E-state index in [0.29, 0.717) is 5.54 Å². The number of nitrogens with zero attached hydrogens (tertiary/aromatic N) is 2. The van der Waals surface area contributed by atoms with E-state index in [9.17, 15) is 0 Å². The number of hydrogen-bond acceptors (Lipinski definition) is 1. The van der Waals surface area contributed by atoms with Gasteiger partial charge in [0.25, 0.3) is 0 Å². The molecule has 0 spiro atoms. The minimum absolute atomic E-state index is 0.422. The Balaban J connectivity index is 1.19. The zero-order valence-corrected chi connectivity index (χ0v) is 23.7. The van der Waals surface area contributed by atoms with Crippen LogP contribution in [0.15, 0.2) is 48.8 Å². The highest BCUT2D eigenvalue weighted by Gasteiger charge is 2.56. The molecule has 0 atom stereocenters. The molecule has 4 fully saturated rings. The van der Waals surface area contributed by atoms with Crippen LogP contribution in [-0.2, 0) is 5.54 Å². The summed E-state index contributed by atoms with van der Waals surface area (Å²) in [6.07, 6.45) is 28.7. The monoisotopic (exact) mass is 499 g/mol. The van der Waals surface area contributed by atoms with E-state index in [1.54, 1.807) is 0 Å². The van der Waals surface area contributed by atoms with Crippen molar-refractivity contribution >= 4 is 17.8 Å². The van der Waals surface area contributed by atoms with E-state index in [4.69, 9.17) is 0 Å². The van der Waals surface area contributed by atoms with Gasteiger partial charge in [-0.1, -0.05) is 76.7 Å². The molecule has 4 saturated carbocycles. The van der Waals surface area contributed by atoms with Crippen LogP contribution in [-0.4, -0.2) is 13.1 Å². The van der Waals surface area contributed by atoms with Crippen molar-refractivity contribution in [2.75, 3.05) is 18.0 Å². The molecule has 0 N–H and O–H groups in total. The minimum atomic E-state index is 0.422. The molecule has 4 bridgehead atoms. The van der Waals surface area contributed by atoms with Crippen LogP contribution in [0.2, 0.25) is 0 Å². The van der Waals surface area contributed by atoms with Crippen LogP contribution in [0, 0.1) is 17.8 Å². The highest BCUT2D eigenvalue weighted by Crippen LogP contribution is 2.56. The molecule has 200 valence electrons. The van der Waals surface area contributed by atoms with E-state index in [1.165, 1.54) is 120 Å². The first-order valence-electron chi connectivity index (χ1n) is 15.7. The molecular weight excluding hydrogens is 448 g/mol. The molecule has 1 aromatic heterocycles. The van der Waals surface area contributed by atoms with Crippen LogP contribution in [0.4, 0.5) is 5.69 Å². The van der Waals surface area contributed by atoms with Crippen molar-refractivity contribution in [1.29, 1.82) is 0 Å². The lowest BCUT2D eigenvalue weighted by atomic mass is 9.53. The smallest absolute Gasteiger partial charge is 0.169 e. The molecule has 1 heterocycles. The van der Waals surface area contributed by atoms with Gasteiger partial charge in [0.1, 0.15) is 0 Å². The molecule has 1 aromatic carbocycles. The van der Waals surface area contributed by atoms with Gasteiger partial charge in [0, 0.05) is 50.2 Å². The van der Waals surface area contributed by atoms with Gasteiger partial charge in [0.2, 0.25) is 0 Å². The van der Waals surface area contributed by atoms with Crippen LogP contribution in [0.3, 0.4) is 0 Å². The van der Waals surface area contributed by atoms with Crippen LogP contribution >= 0.6 is 0 Å². The van der Waals surface area contributed by atoms with E-state index >= 15 is 0 Å². The molecule has 0 aliphatic heterocycles. The van der Waals surface area contributed by atoms with E-state index in [1.807, 2.05) is 0 Å². The number of unbranched alkanes of at least 4 members (excludes halogenated alkanes) is 6. The van der Waals surface area contributed by atoms with Gasteiger partial charge < -0.3 is 4.90 Å². The number of benzene rings is 1. The third kappa shape index (κ3) is 6.68. The summed E-state index contributed by atoms with van der Waals surface area (Å²) in [5.41, 5.74) is 4.41. The van der Waals surface area contributed by atoms with Gasteiger partial charge >= 0.3 is 0 Å². The third-order valence-corrected chi connectivity index (χ3v) is 9.70. The molecule has 2 heteroatoms. The average molecular weight is 500 g/mol. The van der Waals surface area contributed by atoms with Crippen molar-refractivity contribution in [2.45, 2.75) is 109 Å². The minimum Gasteiger partial charge on any atom is -0.372 e. The maximum Gasteiger partial charge on any atom is 0.169 e. The first kappa shape index (κ1) is 26.5. The number of pyridine rings is 1. The predicted molar refractivity (Wildman–Crippen MR) is 159 cm³/mol. The quantitative estimate of drug-likeness (QED) is 0.186. The summed E-state index contributed by atoms with van der Waals surface area (Å²) in [5, 5.41) is 0. The Kier molecular flexibility index (Phi) is 9.06. The van der Waals surface area contributed by atoms with Gasteiger partial charge in [0.05, 0.1) is 0 Å². The van der Waals surface area contributed by atoms with Crippen LogP contribution in [0.5, 0.6) is 0 Å². The maximum atomic E-state index is 2.62. The van der Waals surface area contributed by atoms with Crippen molar-refractivity contribution in [1.82, 2.24) is 0 Å². The molecule has 4 aliphatic rings. The summed E-state index contributed by atoms with van der Waals surface area (Å²) in [6, 6.07) is 13.9. The first-order valence-corrected chi connectivity index (χ1v) is 15.7. The number of hydrogen-bond donors (Lipinski definition) is 0. The Hall–Kier alpha value is -2.09. The average Bonchev–Trinajstić information content (AvgIpc) is 2.91. The fourth-order valence-electron chi connectivity index (χ4n) is 8.06. The predicted octanol–water partition coefficient (Wildman–Crippen LogP) is 9.04. The van der Waals surface area contributed by atoms with Gasteiger partial charge in [-0.3, -0.25) is 0 Å². The molecule has 0 saturated heterocycles. The summed E-state index contributed by atoms with van der Waals surface area (Å²) in [7, 11) is 0. The van der Waals surface area contributed by atoms with Gasteiger partial charge in [-0.2, -0.15) is 4.57 Å². The van der Waals surface area contributed by atoms with Gasteiger partial charge in [-0.25, -0.2) is 0 Å². The largest absolute Gasteiger partial charge is 0.372 e. The second kappa shape index (κ2) is 12.6. The number of aromatic nitrogens is 1. The molecule has 2 aromatic rings. The molecule has 37 heavy (non-hydrogen) atoms. The molecule has 0 unspecified atom stereocenters. The highest BCUT2D eigenvalue weighted by molar-refractivity contribution is 5.70. The molecule has 6 rings (SSSR count). The van der Waals surface area contributed by atoms with E-state index in [2.05, 4.69) is 84.3 Å². The fraction of sp³-hybridized carbons (Fsp3) is 0.629. The standard InChI is InChI=1S/C35H51N2/c1-3-5-7-9-19-36(20-10-8-6-4-2)34-15-13-29(14-16-34)11-12-30-17-21-37(22-18-30)35-26-31-23-32(27-35)25-33(24-31)28-35/h11-18,21-22,31-33H,3-10,19-20,23-28H2,1-2H3/q+1. The maximum absolute atomic E-state index is 2.62. The van der Waals surface area contributed by atoms with Crippen molar-refractivity contribution < 1.29 is 4.57 Å². The van der Waals surface area contributed by atoms with Gasteiger partial charge in [-0.15, -0.1) is 0 Å². The van der Waals surface area contributed by atoms with Crippen molar-refractivity contribution in [3.63, 3.8) is 0 Å². The fourth-order valence-corrected chi connectivity index (χ4v) is 8.06. The molecule has 2 nitrogen and oxygen atoms in total. The van der Waals surface area contributed by atoms with Crippen LogP contribution in [0.1, 0.15) is 115 Å². The second-order valence-corrected chi connectivity index (χ2v) is 12.7. The zero-order chi connectivity index (χ0) is 25.5.